The van der Waals surface area contributed by atoms with Gasteiger partial charge in [0.2, 0.25) is 0 Å². The van der Waals surface area contributed by atoms with Gasteiger partial charge in [0, 0.05) is 23.6 Å². The van der Waals surface area contributed by atoms with Gasteiger partial charge < -0.3 is 5.32 Å². The molecule has 0 aliphatic heterocycles. The molecule has 1 aromatic heterocycles. The van der Waals surface area contributed by atoms with Crippen LogP contribution in [-0.4, -0.2) is 16.5 Å². The first-order chi connectivity index (χ1) is 9.63. The van der Waals surface area contributed by atoms with Crippen LogP contribution in [0.1, 0.15) is 30.9 Å². The third-order valence-electron chi connectivity index (χ3n) is 2.87. The minimum absolute atomic E-state index is 0.651. The van der Waals surface area contributed by atoms with Crippen LogP contribution in [0.15, 0.2) is 41.0 Å². The van der Waals surface area contributed by atoms with Crippen molar-refractivity contribution >= 4 is 15.9 Å². The van der Waals surface area contributed by atoms with E-state index in [-0.39, 0.29) is 0 Å². The lowest BCUT2D eigenvalue weighted by atomic mass is 10.1. The second-order valence-corrected chi connectivity index (χ2v) is 6.21. The first-order valence-electron chi connectivity index (χ1n) is 6.89. The van der Waals surface area contributed by atoms with Gasteiger partial charge in [-0.2, -0.15) is 0 Å². The summed E-state index contributed by atoms with van der Waals surface area (Å²) < 4.78 is 1.09. The highest BCUT2D eigenvalue weighted by Crippen LogP contribution is 2.13. The van der Waals surface area contributed by atoms with Crippen molar-refractivity contribution in [1.29, 1.82) is 0 Å². The Morgan fingerprint density at radius 1 is 1.25 bits per heavy atom. The van der Waals surface area contributed by atoms with E-state index in [0.29, 0.717) is 5.92 Å². The van der Waals surface area contributed by atoms with Gasteiger partial charge in [-0.3, -0.25) is 0 Å². The van der Waals surface area contributed by atoms with E-state index in [0.717, 1.165) is 35.5 Å². The molecule has 4 heteroatoms. The van der Waals surface area contributed by atoms with Crippen molar-refractivity contribution in [2.75, 3.05) is 6.54 Å². The Balaban J connectivity index is 1.99. The van der Waals surface area contributed by atoms with Crippen molar-refractivity contribution in [3.63, 3.8) is 0 Å². The topological polar surface area (TPSA) is 37.8 Å². The summed E-state index contributed by atoms with van der Waals surface area (Å²) >= 11 is 3.49. The Hall–Kier alpha value is -1.26. The second kappa shape index (κ2) is 7.50. The normalized spacial score (nSPS) is 11.0. The molecule has 0 fully saturated rings. The SMILES string of the molecule is CC(C)CNCc1ccnc(Cc2cccc(Br)c2)n1. The summed E-state index contributed by atoms with van der Waals surface area (Å²) in [6, 6.07) is 10.2. The Kier molecular flexibility index (Phi) is 5.68. The largest absolute Gasteiger partial charge is 0.311 e. The highest BCUT2D eigenvalue weighted by Gasteiger charge is 2.02. The van der Waals surface area contributed by atoms with E-state index >= 15 is 0 Å². The fourth-order valence-electron chi connectivity index (χ4n) is 1.94. The predicted molar refractivity (Wildman–Crippen MR) is 85.5 cm³/mol. The van der Waals surface area contributed by atoms with Crippen LogP contribution in [0.4, 0.5) is 0 Å². The average Bonchev–Trinajstić information content (AvgIpc) is 2.39. The van der Waals surface area contributed by atoms with E-state index in [1.54, 1.807) is 0 Å². The molecule has 1 N–H and O–H groups in total. The summed E-state index contributed by atoms with van der Waals surface area (Å²) in [5.41, 5.74) is 2.26. The number of nitrogens with one attached hydrogen (secondary N) is 1. The molecule has 2 rings (SSSR count). The van der Waals surface area contributed by atoms with Gasteiger partial charge in [0.1, 0.15) is 5.82 Å². The Morgan fingerprint density at radius 3 is 2.85 bits per heavy atom. The maximum Gasteiger partial charge on any atom is 0.132 e. The molecule has 3 nitrogen and oxygen atoms in total. The zero-order valence-electron chi connectivity index (χ0n) is 11.9. The van der Waals surface area contributed by atoms with Gasteiger partial charge in [-0.05, 0) is 36.2 Å². The standard InChI is InChI=1S/C16H20BrN3/c1-12(2)10-18-11-15-6-7-19-16(20-15)9-13-4-3-5-14(17)8-13/h3-8,12,18H,9-11H2,1-2H3. The van der Waals surface area contributed by atoms with Gasteiger partial charge in [0.25, 0.3) is 0 Å². The minimum Gasteiger partial charge on any atom is -0.311 e. The number of hydrogen-bond acceptors (Lipinski definition) is 3. The quantitative estimate of drug-likeness (QED) is 0.877. The van der Waals surface area contributed by atoms with Crippen LogP contribution in [0.5, 0.6) is 0 Å². The maximum absolute atomic E-state index is 4.61. The third-order valence-corrected chi connectivity index (χ3v) is 3.37. The molecule has 20 heavy (non-hydrogen) atoms. The first kappa shape index (κ1) is 15.1. The second-order valence-electron chi connectivity index (χ2n) is 5.30. The van der Waals surface area contributed by atoms with Gasteiger partial charge >= 0.3 is 0 Å². The zero-order chi connectivity index (χ0) is 14.4. The molecule has 0 spiro atoms. The van der Waals surface area contributed by atoms with Gasteiger partial charge in [0.15, 0.2) is 0 Å². The van der Waals surface area contributed by atoms with E-state index in [1.807, 2.05) is 24.4 Å². The molecule has 1 aromatic carbocycles. The lowest BCUT2D eigenvalue weighted by molar-refractivity contribution is 0.547. The van der Waals surface area contributed by atoms with Gasteiger partial charge in [0.05, 0.1) is 5.69 Å². The molecule has 0 radical (unpaired) electrons. The van der Waals surface area contributed by atoms with Crippen molar-refractivity contribution in [3.05, 3.63) is 58.1 Å². The summed E-state index contributed by atoms with van der Waals surface area (Å²) in [5.74, 6) is 1.52. The summed E-state index contributed by atoms with van der Waals surface area (Å²) in [4.78, 5) is 8.96. The molecule has 1 heterocycles. The van der Waals surface area contributed by atoms with Crippen LogP contribution in [-0.2, 0) is 13.0 Å². The number of hydrogen-bond donors (Lipinski definition) is 1. The lowest BCUT2D eigenvalue weighted by Crippen LogP contribution is -2.20. The fourth-order valence-corrected chi connectivity index (χ4v) is 2.39. The summed E-state index contributed by atoms with van der Waals surface area (Å²) in [6.07, 6.45) is 2.60. The zero-order valence-corrected chi connectivity index (χ0v) is 13.5. The first-order valence-corrected chi connectivity index (χ1v) is 7.69. The number of aromatic nitrogens is 2. The lowest BCUT2D eigenvalue weighted by Gasteiger charge is -2.08. The van der Waals surface area contributed by atoms with E-state index in [1.165, 1.54) is 5.56 Å². The molecule has 0 amide bonds. The Morgan fingerprint density at radius 2 is 2.10 bits per heavy atom. The van der Waals surface area contributed by atoms with Crippen molar-refractivity contribution < 1.29 is 0 Å². The number of halogens is 1. The summed E-state index contributed by atoms with van der Waals surface area (Å²) in [5, 5.41) is 3.40. The molecule has 0 saturated carbocycles. The molecule has 0 unspecified atom stereocenters. The van der Waals surface area contributed by atoms with Crippen molar-refractivity contribution in [3.8, 4) is 0 Å². The smallest absolute Gasteiger partial charge is 0.132 e. The van der Waals surface area contributed by atoms with Crippen LogP contribution in [0.2, 0.25) is 0 Å². The molecular weight excluding hydrogens is 314 g/mol. The van der Waals surface area contributed by atoms with E-state index in [2.05, 4.69) is 57.2 Å². The third kappa shape index (κ3) is 5.02. The van der Waals surface area contributed by atoms with Gasteiger partial charge in [-0.25, -0.2) is 9.97 Å². The van der Waals surface area contributed by atoms with Crippen LogP contribution in [0.25, 0.3) is 0 Å². The molecule has 0 saturated heterocycles. The van der Waals surface area contributed by atoms with Crippen molar-refractivity contribution in [2.45, 2.75) is 26.8 Å². The van der Waals surface area contributed by atoms with Crippen LogP contribution >= 0.6 is 15.9 Å². The van der Waals surface area contributed by atoms with E-state index in [4.69, 9.17) is 0 Å². The number of rotatable bonds is 6. The average molecular weight is 334 g/mol. The maximum atomic E-state index is 4.61. The fraction of sp³-hybridized carbons (Fsp3) is 0.375. The van der Waals surface area contributed by atoms with E-state index < -0.39 is 0 Å². The highest BCUT2D eigenvalue weighted by atomic mass is 79.9. The van der Waals surface area contributed by atoms with Crippen molar-refractivity contribution in [1.82, 2.24) is 15.3 Å². The summed E-state index contributed by atoms with van der Waals surface area (Å²) in [6.45, 7) is 6.20. The van der Waals surface area contributed by atoms with Gasteiger partial charge in [-0.1, -0.05) is 41.9 Å². The van der Waals surface area contributed by atoms with Crippen LogP contribution < -0.4 is 5.32 Å². The molecule has 0 aliphatic rings. The molecule has 0 bridgehead atoms. The predicted octanol–water partition coefficient (Wildman–Crippen LogP) is 3.58. The molecule has 106 valence electrons. The monoisotopic (exact) mass is 333 g/mol. The Bertz CT molecular complexity index is 555. The molecule has 0 aliphatic carbocycles. The van der Waals surface area contributed by atoms with Gasteiger partial charge in [-0.15, -0.1) is 0 Å². The Labute approximate surface area is 129 Å². The minimum atomic E-state index is 0.651. The number of nitrogens with zero attached hydrogens (tertiary/aromatic N) is 2. The molecular formula is C16H20BrN3. The molecule has 0 atom stereocenters. The molecule has 2 aromatic rings. The van der Waals surface area contributed by atoms with Crippen LogP contribution in [0.3, 0.4) is 0 Å². The van der Waals surface area contributed by atoms with E-state index in [9.17, 15) is 0 Å². The highest BCUT2D eigenvalue weighted by molar-refractivity contribution is 9.10. The van der Waals surface area contributed by atoms with Crippen molar-refractivity contribution in [2.24, 2.45) is 5.92 Å². The summed E-state index contributed by atoms with van der Waals surface area (Å²) in [7, 11) is 0. The van der Waals surface area contributed by atoms with Crippen LogP contribution in [0, 0.1) is 5.92 Å². The number of benzene rings is 1.